The Morgan fingerprint density at radius 3 is 2.43 bits per heavy atom. The predicted octanol–water partition coefficient (Wildman–Crippen LogP) is 3.06. The standard InChI is InChI=1S/C23H22N6O/c1-17-6-5-9-19(16-17)22-25-24-20-10-11-21(26-29(20)22)27-12-14-28(15-13-27)23(30)18-7-3-2-4-8-18/h2-11,16H,12-15H2,1H3. The first-order chi connectivity index (χ1) is 14.7. The van der Waals surface area contributed by atoms with E-state index in [1.54, 1.807) is 4.52 Å². The molecule has 0 unspecified atom stereocenters. The van der Waals surface area contributed by atoms with E-state index in [2.05, 4.69) is 34.2 Å². The van der Waals surface area contributed by atoms with Crippen molar-refractivity contribution in [3.8, 4) is 11.4 Å². The minimum atomic E-state index is 0.0826. The fourth-order valence-electron chi connectivity index (χ4n) is 3.81. The Bertz CT molecular complexity index is 1190. The maximum atomic E-state index is 12.7. The molecule has 1 amide bonds. The number of aromatic nitrogens is 4. The Morgan fingerprint density at radius 2 is 1.67 bits per heavy atom. The molecule has 0 spiro atoms. The molecule has 1 saturated heterocycles. The minimum absolute atomic E-state index is 0.0826. The first-order valence-corrected chi connectivity index (χ1v) is 10.1. The second-order valence-electron chi connectivity index (χ2n) is 7.50. The number of benzene rings is 2. The van der Waals surface area contributed by atoms with E-state index in [4.69, 9.17) is 5.10 Å². The summed E-state index contributed by atoms with van der Waals surface area (Å²) in [7, 11) is 0. The number of carbonyl (C=O) groups is 1. The van der Waals surface area contributed by atoms with Gasteiger partial charge in [-0.25, -0.2) is 0 Å². The monoisotopic (exact) mass is 398 g/mol. The van der Waals surface area contributed by atoms with E-state index >= 15 is 0 Å². The lowest BCUT2D eigenvalue weighted by Crippen LogP contribution is -2.49. The Kier molecular flexibility index (Phi) is 4.63. The molecule has 0 bridgehead atoms. The molecule has 5 rings (SSSR count). The van der Waals surface area contributed by atoms with E-state index in [0.29, 0.717) is 18.7 Å². The zero-order chi connectivity index (χ0) is 20.5. The summed E-state index contributed by atoms with van der Waals surface area (Å²) in [6.07, 6.45) is 0. The molecule has 0 aliphatic carbocycles. The van der Waals surface area contributed by atoms with Crippen LogP contribution in [0.2, 0.25) is 0 Å². The maximum Gasteiger partial charge on any atom is 0.253 e. The molecule has 1 aliphatic rings. The molecule has 0 N–H and O–H groups in total. The highest BCUT2D eigenvalue weighted by Gasteiger charge is 2.23. The quantitative estimate of drug-likeness (QED) is 0.531. The lowest BCUT2D eigenvalue weighted by Gasteiger charge is -2.35. The van der Waals surface area contributed by atoms with Crippen molar-refractivity contribution in [3.05, 3.63) is 77.9 Å². The van der Waals surface area contributed by atoms with Crippen molar-refractivity contribution in [3.63, 3.8) is 0 Å². The second-order valence-corrected chi connectivity index (χ2v) is 7.50. The van der Waals surface area contributed by atoms with Gasteiger partial charge in [0.1, 0.15) is 5.82 Å². The summed E-state index contributed by atoms with van der Waals surface area (Å²) in [5, 5.41) is 13.4. The van der Waals surface area contributed by atoms with Crippen LogP contribution in [0.4, 0.5) is 5.82 Å². The highest BCUT2D eigenvalue weighted by Crippen LogP contribution is 2.21. The van der Waals surface area contributed by atoms with E-state index in [9.17, 15) is 4.79 Å². The Hall–Kier alpha value is -3.74. The third kappa shape index (κ3) is 3.39. The summed E-state index contributed by atoms with van der Waals surface area (Å²) in [6.45, 7) is 4.86. The molecule has 3 heterocycles. The lowest BCUT2D eigenvalue weighted by atomic mass is 10.1. The number of rotatable bonds is 3. The van der Waals surface area contributed by atoms with Crippen molar-refractivity contribution >= 4 is 17.4 Å². The van der Waals surface area contributed by atoms with Gasteiger partial charge in [0.15, 0.2) is 11.5 Å². The highest BCUT2D eigenvalue weighted by atomic mass is 16.2. The third-order valence-electron chi connectivity index (χ3n) is 5.44. The molecule has 0 saturated carbocycles. The number of nitrogens with zero attached hydrogens (tertiary/aromatic N) is 6. The second kappa shape index (κ2) is 7.59. The number of carbonyl (C=O) groups excluding carboxylic acids is 1. The SMILES string of the molecule is Cc1cccc(-c2nnc3ccc(N4CCN(C(=O)c5ccccc5)CC4)nn23)c1. The number of anilines is 1. The Labute approximate surface area is 174 Å². The van der Waals surface area contributed by atoms with Crippen molar-refractivity contribution < 1.29 is 4.79 Å². The molecular weight excluding hydrogens is 376 g/mol. The van der Waals surface area contributed by atoms with E-state index in [0.717, 1.165) is 35.9 Å². The molecule has 7 nitrogen and oxygen atoms in total. The van der Waals surface area contributed by atoms with Crippen LogP contribution in [0.3, 0.4) is 0 Å². The summed E-state index contributed by atoms with van der Waals surface area (Å²) in [6, 6.07) is 21.5. The number of fused-ring (bicyclic) bond motifs is 1. The topological polar surface area (TPSA) is 66.6 Å². The zero-order valence-corrected chi connectivity index (χ0v) is 16.8. The fourth-order valence-corrected chi connectivity index (χ4v) is 3.81. The van der Waals surface area contributed by atoms with Gasteiger partial charge in [-0.2, -0.15) is 4.52 Å². The van der Waals surface area contributed by atoms with E-state index in [1.165, 1.54) is 5.56 Å². The molecule has 1 fully saturated rings. The van der Waals surface area contributed by atoms with Gasteiger partial charge in [0.25, 0.3) is 5.91 Å². The van der Waals surface area contributed by atoms with Crippen LogP contribution in [0.1, 0.15) is 15.9 Å². The van der Waals surface area contributed by atoms with E-state index < -0.39 is 0 Å². The minimum Gasteiger partial charge on any atom is -0.352 e. The van der Waals surface area contributed by atoms with Crippen molar-refractivity contribution in [2.24, 2.45) is 0 Å². The number of piperazine rings is 1. The average Bonchev–Trinajstić information content (AvgIpc) is 3.23. The zero-order valence-electron chi connectivity index (χ0n) is 16.8. The van der Waals surface area contributed by atoms with Crippen LogP contribution < -0.4 is 4.90 Å². The average molecular weight is 398 g/mol. The maximum absolute atomic E-state index is 12.7. The van der Waals surface area contributed by atoms with Gasteiger partial charge in [-0.1, -0.05) is 42.0 Å². The van der Waals surface area contributed by atoms with Gasteiger partial charge < -0.3 is 9.80 Å². The summed E-state index contributed by atoms with van der Waals surface area (Å²) in [5.74, 6) is 1.68. The molecule has 2 aromatic carbocycles. The molecule has 150 valence electrons. The lowest BCUT2D eigenvalue weighted by molar-refractivity contribution is 0.0746. The molecule has 1 aliphatic heterocycles. The van der Waals surface area contributed by atoms with Crippen LogP contribution in [0, 0.1) is 6.92 Å². The highest BCUT2D eigenvalue weighted by molar-refractivity contribution is 5.94. The van der Waals surface area contributed by atoms with Gasteiger partial charge in [0.05, 0.1) is 0 Å². The Morgan fingerprint density at radius 1 is 0.867 bits per heavy atom. The largest absolute Gasteiger partial charge is 0.352 e. The fraction of sp³-hybridized carbons (Fsp3) is 0.217. The van der Waals surface area contributed by atoms with Gasteiger partial charge in [-0.05, 0) is 37.3 Å². The van der Waals surface area contributed by atoms with Crippen LogP contribution in [0.15, 0.2) is 66.7 Å². The van der Waals surface area contributed by atoms with Crippen molar-refractivity contribution in [2.75, 3.05) is 31.1 Å². The molecule has 0 radical (unpaired) electrons. The van der Waals surface area contributed by atoms with Gasteiger partial charge in [0, 0.05) is 37.3 Å². The van der Waals surface area contributed by atoms with Crippen LogP contribution >= 0.6 is 0 Å². The smallest absolute Gasteiger partial charge is 0.253 e. The van der Waals surface area contributed by atoms with Crippen molar-refractivity contribution in [1.29, 1.82) is 0 Å². The number of aryl methyl sites for hydroxylation is 1. The van der Waals surface area contributed by atoms with E-state index in [1.807, 2.05) is 59.5 Å². The van der Waals surface area contributed by atoms with Gasteiger partial charge in [-0.3, -0.25) is 4.79 Å². The number of hydrogen-bond acceptors (Lipinski definition) is 5. The molecular formula is C23H22N6O. The number of hydrogen-bond donors (Lipinski definition) is 0. The van der Waals surface area contributed by atoms with Crippen LogP contribution in [-0.4, -0.2) is 56.8 Å². The van der Waals surface area contributed by atoms with Crippen molar-refractivity contribution in [1.82, 2.24) is 24.7 Å². The van der Waals surface area contributed by atoms with Crippen LogP contribution in [0.25, 0.3) is 17.0 Å². The molecule has 30 heavy (non-hydrogen) atoms. The van der Waals surface area contributed by atoms with Gasteiger partial charge in [0.2, 0.25) is 0 Å². The van der Waals surface area contributed by atoms with E-state index in [-0.39, 0.29) is 5.91 Å². The van der Waals surface area contributed by atoms with Gasteiger partial charge in [-0.15, -0.1) is 15.3 Å². The summed E-state index contributed by atoms with van der Waals surface area (Å²) < 4.78 is 1.80. The third-order valence-corrected chi connectivity index (χ3v) is 5.44. The Balaban J connectivity index is 1.36. The van der Waals surface area contributed by atoms with Crippen molar-refractivity contribution in [2.45, 2.75) is 6.92 Å². The first kappa shape index (κ1) is 18.3. The number of amides is 1. The summed E-state index contributed by atoms with van der Waals surface area (Å²) >= 11 is 0. The van der Waals surface area contributed by atoms with Crippen LogP contribution in [-0.2, 0) is 0 Å². The van der Waals surface area contributed by atoms with Crippen LogP contribution in [0.5, 0.6) is 0 Å². The normalized spacial score (nSPS) is 14.3. The summed E-state index contributed by atoms with van der Waals surface area (Å²) in [5.41, 5.74) is 3.61. The molecule has 2 aromatic heterocycles. The van der Waals surface area contributed by atoms with Gasteiger partial charge >= 0.3 is 0 Å². The molecule has 7 heteroatoms. The predicted molar refractivity (Wildman–Crippen MR) is 116 cm³/mol. The molecule has 0 atom stereocenters. The first-order valence-electron chi connectivity index (χ1n) is 10.1. The molecule has 4 aromatic rings. The summed E-state index contributed by atoms with van der Waals surface area (Å²) in [4.78, 5) is 16.8.